The Morgan fingerprint density at radius 2 is 1.61 bits per heavy atom. The van der Waals surface area contributed by atoms with Gasteiger partial charge >= 0.3 is 6.01 Å². The van der Waals surface area contributed by atoms with Crippen molar-refractivity contribution in [2.75, 3.05) is 26.1 Å². The van der Waals surface area contributed by atoms with Crippen LogP contribution in [-0.4, -0.2) is 42.5 Å². The van der Waals surface area contributed by atoms with Gasteiger partial charge < -0.3 is 19.5 Å². The van der Waals surface area contributed by atoms with Crippen molar-refractivity contribution in [1.29, 1.82) is 0 Å². The molecular weight excluding hydrogens is 462 g/mol. The zero-order valence-electron chi connectivity index (χ0n) is 21.3. The lowest BCUT2D eigenvalue weighted by Crippen LogP contribution is -2.26. The van der Waals surface area contributed by atoms with Gasteiger partial charge in [0.05, 0.1) is 38.1 Å². The largest absolute Gasteiger partial charge is 0.481 e. The highest BCUT2D eigenvalue weighted by atomic mass is 16.6. The summed E-state index contributed by atoms with van der Waals surface area (Å²) in [4.78, 5) is 31.2. The normalized spacial score (nSPS) is 11.6. The van der Waals surface area contributed by atoms with E-state index in [2.05, 4.69) is 46.5 Å². The SMILES string of the molecule is COc1cc(OC)nc(Oc2ccccc2C(=O)Nc2ccc(N=C(C)NOCC(C)(C)C)cc2)n1. The van der Waals surface area contributed by atoms with Crippen LogP contribution >= 0.6 is 0 Å². The number of amides is 1. The summed E-state index contributed by atoms with van der Waals surface area (Å²) in [6, 6.07) is 15.4. The lowest BCUT2D eigenvalue weighted by atomic mass is 9.99. The summed E-state index contributed by atoms with van der Waals surface area (Å²) in [5, 5.41) is 2.86. The maximum Gasteiger partial charge on any atom is 0.328 e. The van der Waals surface area contributed by atoms with Crippen LogP contribution in [-0.2, 0) is 4.84 Å². The summed E-state index contributed by atoms with van der Waals surface area (Å²) in [6.45, 7) is 8.62. The smallest absolute Gasteiger partial charge is 0.328 e. The van der Waals surface area contributed by atoms with Crippen LogP contribution in [0.5, 0.6) is 23.5 Å². The Morgan fingerprint density at radius 3 is 2.22 bits per heavy atom. The first-order valence-electron chi connectivity index (χ1n) is 11.3. The van der Waals surface area contributed by atoms with Crippen molar-refractivity contribution in [1.82, 2.24) is 15.4 Å². The van der Waals surface area contributed by atoms with Gasteiger partial charge in [-0.2, -0.15) is 9.97 Å². The number of anilines is 1. The van der Waals surface area contributed by atoms with Gasteiger partial charge in [0, 0.05) is 5.69 Å². The van der Waals surface area contributed by atoms with Gasteiger partial charge in [-0.3, -0.25) is 15.1 Å². The highest BCUT2D eigenvalue weighted by Crippen LogP contribution is 2.27. The van der Waals surface area contributed by atoms with Gasteiger partial charge in [-0.15, -0.1) is 0 Å². The fourth-order valence-electron chi connectivity index (χ4n) is 2.87. The van der Waals surface area contributed by atoms with Gasteiger partial charge in [0.25, 0.3) is 5.91 Å². The number of benzene rings is 2. The molecule has 3 aromatic rings. The molecule has 0 saturated carbocycles. The Morgan fingerprint density at radius 1 is 0.972 bits per heavy atom. The number of amidine groups is 1. The second kappa shape index (κ2) is 12.0. The number of ether oxygens (including phenoxy) is 3. The van der Waals surface area contributed by atoms with Crippen molar-refractivity contribution in [2.24, 2.45) is 10.4 Å². The summed E-state index contributed by atoms with van der Waals surface area (Å²) >= 11 is 0. The first-order chi connectivity index (χ1) is 17.2. The monoisotopic (exact) mass is 493 g/mol. The third-order valence-electron chi connectivity index (χ3n) is 4.56. The third-order valence-corrected chi connectivity index (χ3v) is 4.56. The van der Waals surface area contributed by atoms with E-state index in [4.69, 9.17) is 19.0 Å². The zero-order valence-corrected chi connectivity index (χ0v) is 21.3. The average molecular weight is 494 g/mol. The van der Waals surface area contributed by atoms with Crippen LogP contribution < -0.4 is 25.0 Å². The predicted octanol–water partition coefficient (Wildman–Crippen LogP) is 5.16. The van der Waals surface area contributed by atoms with Gasteiger partial charge in [-0.25, -0.2) is 4.99 Å². The molecule has 2 N–H and O–H groups in total. The summed E-state index contributed by atoms with van der Waals surface area (Å²) in [5.74, 6) is 1.09. The Labute approximate surface area is 210 Å². The van der Waals surface area contributed by atoms with Crippen LogP contribution in [0.15, 0.2) is 59.6 Å². The molecular formula is C26H31N5O5. The fourth-order valence-corrected chi connectivity index (χ4v) is 2.87. The van der Waals surface area contributed by atoms with E-state index < -0.39 is 0 Å². The van der Waals surface area contributed by atoms with E-state index in [1.807, 2.05) is 6.92 Å². The van der Waals surface area contributed by atoms with Gasteiger partial charge in [-0.1, -0.05) is 32.9 Å². The molecule has 1 heterocycles. The van der Waals surface area contributed by atoms with Crippen molar-refractivity contribution < 1.29 is 23.8 Å². The summed E-state index contributed by atoms with van der Waals surface area (Å²) in [6.07, 6.45) is 0. The third kappa shape index (κ3) is 7.95. The highest BCUT2D eigenvalue weighted by Gasteiger charge is 2.16. The summed E-state index contributed by atoms with van der Waals surface area (Å²) < 4.78 is 16.1. The predicted molar refractivity (Wildman–Crippen MR) is 137 cm³/mol. The van der Waals surface area contributed by atoms with Crippen LogP contribution in [0.2, 0.25) is 0 Å². The number of nitrogens with one attached hydrogen (secondary N) is 2. The second-order valence-electron chi connectivity index (χ2n) is 8.98. The Kier molecular flexibility index (Phi) is 8.80. The number of aromatic nitrogens is 2. The number of carbonyl (C=O) groups excluding carboxylic acids is 1. The number of aliphatic imine (C=N–C) groups is 1. The molecule has 0 aliphatic carbocycles. The van der Waals surface area contributed by atoms with Gasteiger partial charge in [0.2, 0.25) is 11.8 Å². The van der Waals surface area contributed by atoms with Crippen LogP contribution in [0.25, 0.3) is 0 Å². The van der Waals surface area contributed by atoms with E-state index in [9.17, 15) is 4.79 Å². The van der Waals surface area contributed by atoms with Crippen LogP contribution in [0.3, 0.4) is 0 Å². The average Bonchev–Trinajstić information content (AvgIpc) is 2.84. The van der Waals surface area contributed by atoms with Crippen LogP contribution in [0, 0.1) is 5.41 Å². The number of methoxy groups -OCH3 is 2. The standard InChI is InChI=1S/C26H31N5O5/c1-17(31-35-16-26(2,3)4)27-18-11-13-19(14-12-18)28-24(32)20-9-7-8-10-21(20)36-25-29-22(33-5)15-23(30-25)34-6/h7-15H,16H2,1-6H3,(H,27,31)(H,28,32). The molecule has 3 rings (SSSR count). The van der Waals surface area contributed by atoms with E-state index in [1.165, 1.54) is 20.3 Å². The molecule has 10 heteroatoms. The minimum Gasteiger partial charge on any atom is -0.481 e. The lowest BCUT2D eigenvalue weighted by Gasteiger charge is -2.18. The summed E-state index contributed by atoms with van der Waals surface area (Å²) in [7, 11) is 2.95. The zero-order chi connectivity index (χ0) is 26.1. The molecule has 0 aliphatic rings. The quantitative estimate of drug-likeness (QED) is 0.239. The number of rotatable bonds is 9. The van der Waals surface area contributed by atoms with Crippen molar-refractivity contribution in [3.63, 3.8) is 0 Å². The molecule has 0 unspecified atom stereocenters. The van der Waals surface area contributed by atoms with Crippen LogP contribution in [0.4, 0.5) is 11.4 Å². The maximum absolute atomic E-state index is 13.0. The van der Waals surface area contributed by atoms with Crippen molar-refractivity contribution in [2.45, 2.75) is 27.7 Å². The van der Waals surface area contributed by atoms with Gasteiger partial charge in [0.15, 0.2) is 0 Å². The molecule has 0 bridgehead atoms. The van der Waals surface area contributed by atoms with Gasteiger partial charge in [-0.05, 0) is 48.7 Å². The molecule has 0 radical (unpaired) electrons. The minimum atomic E-state index is -0.356. The van der Waals surface area contributed by atoms with Crippen molar-refractivity contribution in [3.8, 4) is 23.5 Å². The molecule has 0 atom stereocenters. The van der Waals surface area contributed by atoms with Crippen molar-refractivity contribution in [3.05, 3.63) is 60.2 Å². The molecule has 36 heavy (non-hydrogen) atoms. The Balaban J connectivity index is 1.68. The highest BCUT2D eigenvalue weighted by molar-refractivity contribution is 6.06. The minimum absolute atomic E-state index is 0.0101. The molecule has 0 saturated heterocycles. The number of hydroxylamine groups is 1. The Bertz CT molecular complexity index is 1180. The van der Waals surface area contributed by atoms with E-state index in [1.54, 1.807) is 48.5 Å². The molecule has 0 spiro atoms. The van der Waals surface area contributed by atoms with Crippen molar-refractivity contribution >= 4 is 23.1 Å². The number of carbonyl (C=O) groups is 1. The molecule has 1 aromatic heterocycles. The van der Waals surface area contributed by atoms with E-state index in [0.717, 1.165) is 0 Å². The number of hydrogen-bond donors (Lipinski definition) is 2. The molecule has 1 amide bonds. The van der Waals surface area contributed by atoms with E-state index in [0.29, 0.717) is 29.4 Å². The number of para-hydroxylation sites is 1. The first kappa shape index (κ1) is 26.4. The second-order valence-corrected chi connectivity index (χ2v) is 8.98. The molecule has 0 aliphatic heterocycles. The van der Waals surface area contributed by atoms with Gasteiger partial charge in [0.1, 0.15) is 11.6 Å². The molecule has 2 aromatic carbocycles. The van der Waals surface area contributed by atoms with Crippen LogP contribution in [0.1, 0.15) is 38.1 Å². The molecule has 0 fully saturated rings. The summed E-state index contributed by atoms with van der Waals surface area (Å²) in [5.41, 5.74) is 4.50. The maximum atomic E-state index is 13.0. The van der Waals surface area contributed by atoms with E-state index in [-0.39, 0.29) is 34.8 Å². The van der Waals surface area contributed by atoms with E-state index >= 15 is 0 Å². The number of nitrogens with zero attached hydrogens (tertiary/aromatic N) is 3. The topological polar surface area (TPSA) is 116 Å². The Hall–Kier alpha value is -4.18. The first-order valence-corrected chi connectivity index (χ1v) is 11.3. The lowest BCUT2D eigenvalue weighted by molar-refractivity contribution is 0.0312. The molecule has 10 nitrogen and oxygen atoms in total. The molecule has 190 valence electrons. The number of hydrogen-bond acceptors (Lipinski definition) is 8. The fraction of sp³-hybridized carbons (Fsp3) is 0.308.